The number of furan rings is 1. The van der Waals surface area contributed by atoms with E-state index in [2.05, 4.69) is 33.1 Å². The van der Waals surface area contributed by atoms with Crippen molar-refractivity contribution in [3.05, 3.63) is 46.5 Å². The van der Waals surface area contributed by atoms with Crippen LogP contribution in [0, 0.1) is 0 Å². The summed E-state index contributed by atoms with van der Waals surface area (Å²) in [5.74, 6) is 1.05. The Labute approximate surface area is 111 Å². The average molecular weight is 262 g/mol. The summed E-state index contributed by atoms with van der Waals surface area (Å²) in [5, 5.41) is 7.82. The first kappa shape index (κ1) is 12.0. The van der Waals surface area contributed by atoms with Crippen LogP contribution >= 0.6 is 11.3 Å². The molecule has 1 aliphatic rings. The minimum absolute atomic E-state index is 0.270. The van der Waals surface area contributed by atoms with Gasteiger partial charge in [0.05, 0.1) is 12.3 Å². The van der Waals surface area contributed by atoms with Crippen molar-refractivity contribution in [2.24, 2.45) is 0 Å². The summed E-state index contributed by atoms with van der Waals surface area (Å²) in [6.45, 7) is 4.36. The molecule has 3 nitrogen and oxygen atoms in total. The second-order valence-electron chi connectivity index (χ2n) is 4.61. The standard InChI is InChI=1S/C14H18N2OS/c1-3-13(17-9-1)14(12-4-10-18-11-12)16-7-2-5-15-6-8-16/h1,3-4,9-11,14-15H,2,5-8H2. The predicted octanol–water partition coefficient (Wildman–Crippen LogP) is 2.73. The van der Waals surface area contributed by atoms with Gasteiger partial charge in [-0.1, -0.05) is 0 Å². The molecule has 0 saturated carbocycles. The van der Waals surface area contributed by atoms with Crippen molar-refractivity contribution in [2.45, 2.75) is 12.5 Å². The Kier molecular flexibility index (Phi) is 3.78. The van der Waals surface area contributed by atoms with Crippen LogP contribution in [0.15, 0.2) is 39.6 Å². The van der Waals surface area contributed by atoms with Crippen LogP contribution in [0.1, 0.15) is 23.8 Å². The number of thiophene rings is 1. The van der Waals surface area contributed by atoms with E-state index >= 15 is 0 Å². The Morgan fingerprint density at radius 1 is 1.28 bits per heavy atom. The van der Waals surface area contributed by atoms with Gasteiger partial charge in [-0.3, -0.25) is 4.90 Å². The molecule has 1 N–H and O–H groups in total. The largest absolute Gasteiger partial charge is 0.467 e. The fourth-order valence-corrected chi connectivity index (χ4v) is 3.24. The third-order valence-corrected chi connectivity index (χ3v) is 4.11. The van der Waals surface area contributed by atoms with Gasteiger partial charge in [-0.15, -0.1) is 0 Å². The van der Waals surface area contributed by atoms with Crippen LogP contribution in [0.2, 0.25) is 0 Å². The van der Waals surface area contributed by atoms with E-state index in [1.54, 1.807) is 17.6 Å². The SMILES string of the molecule is c1coc(C(c2ccsc2)N2CCCNCC2)c1. The van der Waals surface area contributed by atoms with E-state index in [1.165, 1.54) is 12.0 Å². The Hall–Kier alpha value is -1.10. The van der Waals surface area contributed by atoms with Gasteiger partial charge in [0.1, 0.15) is 5.76 Å². The topological polar surface area (TPSA) is 28.4 Å². The Balaban J connectivity index is 1.89. The van der Waals surface area contributed by atoms with E-state index < -0.39 is 0 Å². The fraction of sp³-hybridized carbons (Fsp3) is 0.429. The zero-order chi connectivity index (χ0) is 12.2. The maximum absolute atomic E-state index is 5.66. The summed E-state index contributed by atoms with van der Waals surface area (Å²) in [6.07, 6.45) is 2.96. The maximum atomic E-state index is 5.66. The summed E-state index contributed by atoms with van der Waals surface area (Å²) in [7, 11) is 0. The lowest BCUT2D eigenvalue weighted by Crippen LogP contribution is -2.32. The highest BCUT2D eigenvalue weighted by molar-refractivity contribution is 7.08. The number of nitrogens with zero attached hydrogens (tertiary/aromatic N) is 1. The third-order valence-electron chi connectivity index (χ3n) is 3.41. The quantitative estimate of drug-likeness (QED) is 0.922. The summed E-state index contributed by atoms with van der Waals surface area (Å²) in [5.41, 5.74) is 1.34. The molecule has 3 heterocycles. The molecule has 0 aliphatic carbocycles. The zero-order valence-corrected chi connectivity index (χ0v) is 11.2. The van der Waals surface area contributed by atoms with Gasteiger partial charge in [-0.2, -0.15) is 11.3 Å². The van der Waals surface area contributed by atoms with Crippen molar-refractivity contribution < 1.29 is 4.42 Å². The fourth-order valence-electron chi connectivity index (χ4n) is 2.56. The average Bonchev–Trinajstić information content (AvgIpc) is 3.02. The van der Waals surface area contributed by atoms with E-state index in [1.807, 2.05) is 6.07 Å². The molecular weight excluding hydrogens is 244 g/mol. The molecule has 1 unspecified atom stereocenters. The minimum Gasteiger partial charge on any atom is -0.467 e. The highest BCUT2D eigenvalue weighted by Gasteiger charge is 2.25. The van der Waals surface area contributed by atoms with Crippen molar-refractivity contribution in [3.8, 4) is 0 Å². The van der Waals surface area contributed by atoms with Crippen LogP contribution in [0.5, 0.6) is 0 Å². The monoisotopic (exact) mass is 262 g/mol. The normalized spacial score (nSPS) is 19.6. The Bertz CT molecular complexity index is 410. The lowest BCUT2D eigenvalue weighted by molar-refractivity contribution is 0.216. The van der Waals surface area contributed by atoms with Gasteiger partial charge < -0.3 is 9.73 Å². The van der Waals surface area contributed by atoms with E-state index in [-0.39, 0.29) is 6.04 Å². The number of rotatable bonds is 3. The molecule has 96 valence electrons. The summed E-state index contributed by atoms with van der Waals surface area (Å²) in [4.78, 5) is 2.51. The zero-order valence-electron chi connectivity index (χ0n) is 10.3. The molecule has 1 saturated heterocycles. The molecule has 0 spiro atoms. The molecule has 0 aromatic carbocycles. The summed E-state index contributed by atoms with van der Waals surface area (Å²) >= 11 is 1.75. The van der Waals surface area contributed by atoms with E-state index in [0.29, 0.717) is 0 Å². The lowest BCUT2D eigenvalue weighted by Gasteiger charge is -2.28. The first-order chi connectivity index (χ1) is 8.95. The molecule has 4 heteroatoms. The summed E-state index contributed by atoms with van der Waals surface area (Å²) < 4.78 is 5.66. The minimum atomic E-state index is 0.270. The lowest BCUT2D eigenvalue weighted by atomic mass is 10.1. The molecule has 2 aromatic heterocycles. The van der Waals surface area contributed by atoms with Crippen LogP contribution in [0.3, 0.4) is 0 Å². The second-order valence-corrected chi connectivity index (χ2v) is 5.39. The van der Waals surface area contributed by atoms with Gasteiger partial charge in [-0.05, 0) is 47.5 Å². The van der Waals surface area contributed by atoms with Gasteiger partial charge in [0.2, 0.25) is 0 Å². The molecular formula is C14H18N2OS. The highest BCUT2D eigenvalue weighted by atomic mass is 32.1. The van der Waals surface area contributed by atoms with Gasteiger partial charge in [0, 0.05) is 19.6 Å². The molecule has 0 amide bonds. The highest BCUT2D eigenvalue weighted by Crippen LogP contribution is 2.30. The Morgan fingerprint density at radius 3 is 3.06 bits per heavy atom. The van der Waals surface area contributed by atoms with E-state index in [9.17, 15) is 0 Å². The van der Waals surface area contributed by atoms with E-state index in [0.717, 1.165) is 31.9 Å². The van der Waals surface area contributed by atoms with Gasteiger partial charge in [0.25, 0.3) is 0 Å². The van der Waals surface area contributed by atoms with Crippen LogP contribution in [-0.4, -0.2) is 31.1 Å². The van der Waals surface area contributed by atoms with Crippen molar-refractivity contribution in [3.63, 3.8) is 0 Å². The molecule has 2 aromatic rings. The summed E-state index contributed by atoms with van der Waals surface area (Å²) in [6, 6.07) is 6.54. The van der Waals surface area contributed by atoms with Crippen LogP contribution in [0.4, 0.5) is 0 Å². The van der Waals surface area contributed by atoms with Crippen LogP contribution in [0.25, 0.3) is 0 Å². The molecule has 18 heavy (non-hydrogen) atoms. The third kappa shape index (κ3) is 2.51. The number of hydrogen-bond donors (Lipinski definition) is 1. The van der Waals surface area contributed by atoms with Crippen molar-refractivity contribution >= 4 is 11.3 Å². The van der Waals surface area contributed by atoms with E-state index in [4.69, 9.17) is 4.42 Å². The smallest absolute Gasteiger partial charge is 0.125 e. The van der Waals surface area contributed by atoms with Gasteiger partial charge in [0.15, 0.2) is 0 Å². The molecule has 1 aliphatic heterocycles. The Morgan fingerprint density at radius 2 is 2.28 bits per heavy atom. The maximum Gasteiger partial charge on any atom is 0.125 e. The molecule has 0 radical (unpaired) electrons. The molecule has 1 fully saturated rings. The molecule has 1 atom stereocenters. The molecule has 0 bridgehead atoms. The second kappa shape index (κ2) is 5.69. The first-order valence-corrected chi connectivity index (χ1v) is 7.40. The predicted molar refractivity (Wildman–Crippen MR) is 73.9 cm³/mol. The first-order valence-electron chi connectivity index (χ1n) is 6.45. The molecule has 3 rings (SSSR count). The number of nitrogens with one attached hydrogen (secondary N) is 1. The van der Waals surface area contributed by atoms with Crippen molar-refractivity contribution in [2.75, 3.05) is 26.2 Å². The van der Waals surface area contributed by atoms with Crippen molar-refractivity contribution in [1.82, 2.24) is 10.2 Å². The van der Waals surface area contributed by atoms with Gasteiger partial charge in [-0.25, -0.2) is 0 Å². The number of hydrogen-bond acceptors (Lipinski definition) is 4. The van der Waals surface area contributed by atoms with Crippen LogP contribution < -0.4 is 5.32 Å². The van der Waals surface area contributed by atoms with Crippen LogP contribution in [-0.2, 0) is 0 Å². The van der Waals surface area contributed by atoms with Crippen molar-refractivity contribution in [1.29, 1.82) is 0 Å². The van der Waals surface area contributed by atoms with Gasteiger partial charge >= 0.3 is 0 Å².